The van der Waals surface area contributed by atoms with Gasteiger partial charge in [0, 0.05) is 50.9 Å². The van der Waals surface area contributed by atoms with Crippen LogP contribution in [-0.2, 0) is 16.1 Å². The fraction of sp³-hybridized carbons (Fsp3) is 0.522. The van der Waals surface area contributed by atoms with Crippen LogP contribution >= 0.6 is 0 Å². The molecule has 1 unspecified atom stereocenters. The summed E-state index contributed by atoms with van der Waals surface area (Å²) in [5.74, 6) is 0.292. The van der Waals surface area contributed by atoms with Crippen molar-refractivity contribution in [2.45, 2.75) is 39.3 Å². The van der Waals surface area contributed by atoms with Crippen molar-refractivity contribution in [3.8, 4) is 0 Å². The van der Waals surface area contributed by atoms with E-state index in [4.69, 9.17) is 0 Å². The van der Waals surface area contributed by atoms with Gasteiger partial charge in [-0.1, -0.05) is 0 Å². The number of halogens is 1. The monoisotopic (exact) mass is 442 g/mol. The van der Waals surface area contributed by atoms with Crippen molar-refractivity contribution in [1.82, 2.24) is 20.0 Å². The minimum atomic E-state index is -0.572. The molecule has 2 amide bonds. The van der Waals surface area contributed by atoms with E-state index in [2.05, 4.69) is 20.2 Å². The summed E-state index contributed by atoms with van der Waals surface area (Å²) in [6.45, 7) is 9.36. The summed E-state index contributed by atoms with van der Waals surface area (Å²) in [6, 6.07) is 7.92. The standard InChI is InChI=1S/C23H31FN6O2/c1-17-16-21-29(26-17)11-8-22(31)30(21)18(2)23(32)25-9-3-10-27-12-14-28(15-13-27)20-6-4-19(24)5-7-20/h4-7,16,18H,3,8-15H2,1-2H3,(H,25,32). The number of hydrogen-bond acceptors (Lipinski definition) is 5. The van der Waals surface area contributed by atoms with E-state index in [0.29, 0.717) is 25.3 Å². The van der Waals surface area contributed by atoms with Crippen LogP contribution in [0.5, 0.6) is 0 Å². The molecule has 1 N–H and O–H groups in total. The third-order valence-electron chi connectivity index (χ3n) is 6.22. The zero-order valence-corrected chi connectivity index (χ0v) is 18.8. The maximum Gasteiger partial charge on any atom is 0.242 e. The topological polar surface area (TPSA) is 73.7 Å². The van der Waals surface area contributed by atoms with Gasteiger partial charge in [0.25, 0.3) is 0 Å². The lowest BCUT2D eigenvalue weighted by molar-refractivity contribution is -0.126. The van der Waals surface area contributed by atoms with Gasteiger partial charge in [-0.05, 0) is 51.1 Å². The van der Waals surface area contributed by atoms with E-state index in [9.17, 15) is 14.0 Å². The van der Waals surface area contributed by atoms with Crippen LogP contribution in [0, 0.1) is 12.7 Å². The third-order valence-corrected chi connectivity index (χ3v) is 6.22. The molecule has 0 bridgehead atoms. The number of hydrogen-bond donors (Lipinski definition) is 1. The van der Waals surface area contributed by atoms with E-state index in [1.54, 1.807) is 16.5 Å². The van der Waals surface area contributed by atoms with Crippen LogP contribution in [0.3, 0.4) is 0 Å². The average Bonchev–Trinajstić information content (AvgIpc) is 3.17. The number of fused-ring (bicyclic) bond motifs is 1. The second-order valence-electron chi connectivity index (χ2n) is 8.51. The predicted molar refractivity (Wildman–Crippen MR) is 121 cm³/mol. The summed E-state index contributed by atoms with van der Waals surface area (Å²) in [7, 11) is 0. The lowest BCUT2D eigenvalue weighted by atomic mass is 10.2. The van der Waals surface area contributed by atoms with Gasteiger partial charge in [0.1, 0.15) is 17.7 Å². The van der Waals surface area contributed by atoms with Crippen LogP contribution in [0.15, 0.2) is 30.3 Å². The van der Waals surface area contributed by atoms with Gasteiger partial charge in [-0.3, -0.25) is 19.4 Å². The second kappa shape index (κ2) is 9.68. The van der Waals surface area contributed by atoms with E-state index < -0.39 is 6.04 Å². The van der Waals surface area contributed by atoms with E-state index in [1.807, 2.05) is 25.1 Å². The van der Waals surface area contributed by atoms with Crippen molar-refractivity contribution in [3.63, 3.8) is 0 Å². The molecule has 32 heavy (non-hydrogen) atoms. The summed E-state index contributed by atoms with van der Waals surface area (Å²) in [5.41, 5.74) is 1.89. The van der Waals surface area contributed by atoms with Gasteiger partial charge >= 0.3 is 0 Å². The van der Waals surface area contributed by atoms with Crippen molar-refractivity contribution in [1.29, 1.82) is 0 Å². The number of aromatic nitrogens is 2. The molecule has 1 saturated heterocycles. The zero-order chi connectivity index (χ0) is 22.7. The Morgan fingerprint density at radius 3 is 2.59 bits per heavy atom. The SMILES string of the molecule is Cc1cc2n(n1)CCC(=O)N2C(C)C(=O)NCCCN1CCN(c2ccc(F)cc2)CC1. The molecule has 9 heteroatoms. The molecule has 2 aliphatic rings. The Labute approximate surface area is 188 Å². The number of rotatable bonds is 7. The summed E-state index contributed by atoms with van der Waals surface area (Å²) in [5, 5.41) is 7.38. The Hall–Kier alpha value is -2.94. The zero-order valence-electron chi connectivity index (χ0n) is 18.8. The van der Waals surface area contributed by atoms with Crippen LogP contribution < -0.4 is 15.1 Å². The summed E-state index contributed by atoms with van der Waals surface area (Å²) in [4.78, 5) is 31.4. The molecule has 8 nitrogen and oxygen atoms in total. The molecule has 172 valence electrons. The van der Waals surface area contributed by atoms with Gasteiger partial charge in [-0.15, -0.1) is 0 Å². The predicted octanol–water partition coefficient (Wildman–Crippen LogP) is 1.78. The number of carbonyl (C=O) groups is 2. The van der Waals surface area contributed by atoms with Gasteiger partial charge in [0.05, 0.1) is 12.2 Å². The lowest BCUT2D eigenvalue weighted by Crippen LogP contribution is -2.51. The number of aryl methyl sites for hydroxylation is 2. The van der Waals surface area contributed by atoms with Gasteiger partial charge in [0.15, 0.2) is 0 Å². The van der Waals surface area contributed by atoms with E-state index in [1.165, 1.54) is 12.1 Å². The number of carbonyl (C=O) groups excluding carboxylic acids is 2. The summed E-state index contributed by atoms with van der Waals surface area (Å²) >= 11 is 0. The molecular weight excluding hydrogens is 411 g/mol. The van der Waals surface area contributed by atoms with E-state index in [-0.39, 0.29) is 17.6 Å². The number of nitrogens with one attached hydrogen (secondary N) is 1. The van der Waals surface area contributed by atoms with Crippen LogP contribution in [-0.4, -0.2) is 71.8 Å². The molecule has 0 spiro atoms. The molecule has 2 aromatic rings. The number of benzene rings is 1. The smallest absolute Gasteiger partial charge is 0.242 e. The Morgan fingerprint density at radius 2 is 1.88 bits per heavy atom. The van der Waals surface area contributed by atoms with Crippen molar-refractivity contribution >= 4 is 23.3 Å². The molecule has 0 saturated carbocycles. The first kappa shape index (κ1) is 22.3. The van der Waals surface area contributed by atoms with Crippen molar-refractivity contribution in [3.05, 3.63) is 41.8 Å². The maximum atomic E-state index is 13.1. The quantitative estimate of drug-likeness (QED) is 0.662. The first-order valence-electron chi connectivity index (χ1n) is 11.3. The fourth-order valence-corrected chi connectivity index (χ4v) is 4.42. The molecule has 0 aliphatic carbocycles. The van der Waals surface area contributed by atoms with Crippen LogP contribution in [0.2, 0.25) is 0 Å². The molecule has 2 aliphatic heterocycles. The Kier molecular flexibility index (Phi) is 6.74. The van der Waals surface area contributed by atoms with Crippen LogP contribution in [0.1, 0.15) is 25.5 Å². The van der Waals surface area contributed by atoms with Gasteiger partial charge in [-0.2, -0.15) is 5.10 Å². The highest BCUT2D eigenvalue weighted by Crippen LogP contribution is 2.24. The molecule has 1 atom stereocenters. The highest BCUT2D eigenvalue weighted by atomic mass is 19.1. The van der Waals surface area contributed by atoms with Crippen LogP contribution in [0.4, 0.5) is 15.9 Å². The van der Waals surface area contributed by atoms with Crippen molar-refractivity contribution < 1.29 is 14.0 Å². The Morgan fingerprint density at radius 1 is 1.16 bits per heavy atom. The number of nitrogens with zero attached hydrogens (tertiary/aromatic N) is 5. The Balaban J connectivity index is 1.19. The maximum absolute atomic E-state index is 13.1. The van der Waals surface area contributed by atoms with Gasteiger partial charge in [-0.25, -0.2) is 9.07 Å². The largest absolute Gasteiger partial charge is 0.369 e. The van der Waals surface area contributed by atoms with Crippen LogP contribution in [0.25, 0.3) is 0 Å². The second-order valence-corrected chi connectivity index (χ2v) is 8.51. The number of piperazine rings is 1. The highest BCUT2D eigenvalue weighted by molar-refractivity contribution is 6.00. The fourth-order valence-electron chi connectivity index (χ4n) is 4.42. The van der Waals surface area contributed by atoms with Gasteiger partial charge < -0.3 is 10.2 Å². The number of amides is 2. The number of anilines is 2. The molecule has 1 aromatic heterocycles. The average molecular weight is 443 g/mol. The molecule has 1 fully saturated rings. The highest BCUT2D eigenvalue weighted by Gasteiger charge is 2.33. The van der Waals surface area contributed by atoms with Gasteiger partial charge in [0.2, 0.25) is 11.8 Å². The minimum absolute atomic E-state index is 0.0425. The van der Waals surface area contributed by atoms with Crippen molar-refractivity contribution in [2.75, 3.05) is 49.1 Å². The summed E-state index contributed by atoms with van der Waals surface area (Å²) < 4.78 is 14.9. The normalized spacial score (nSPS) is 17.9. The third kappa shape index (κ3) is 4.93. The molecule has 3 heterocycles. The minimum Gasteiger partial charge on any atom is -0.369 e. The molecule has 4 rings (SSSR count). The molecule has 0 radical (unpaired) electrons. The Bertz CT molecular complexity index is 952. The first-order chi connectivity index (χ1) is 15.4. The molecular formula is C23H31FN6O2. The summed E-state index contributed by atoms with van der Waals surface area (Å²) in [6.07, 6.45) is 1.20. The molecule has 1 aromatic carbocycles. The van der Waals surface area contributed by atoms with E-state index in [0.717, 1.165) is 50.5 Å². The lowest BCUT2D eigenvalue weighted by Gasteiger charge is -2.36. The first-order valence-corrected chi connectivity index (χ1v) is 11.3. The van der Waals surface area contributed by atoms with E-state index >= 15 is 0 Å². The van der Waals surface area contributed by atoms with Crippen molar-refractivity contribution in [2.24, 2.45) is 0 Å².